The van der Waals surface area contributed by atoms with E-state index < -0.39 is 42.9 Å². The molecular formula is C7H10BrN3O. The van der Waals surface area contributed by atoms with Gasteiger partial charge in [-0.1, -0.05) is 6.04 Å². The monoisotopic (exact) mass is 236 g/mol. The summed E-state index contributed by atoms with van der Waals surface area (Å²) < 4.78 is 37.8. The molecule has 5 heteroatoms. The Labute approximate surface area is 88.1 Å². The summed E-state index contributed by atoms with van der Waals surface area (Å²) >= 11 is 0. The zero-order valence-corrected chi connectivity index (χ0v) is 7.60. The van der Waals surface area contributed by atoms with Crippen LogP contribution in [0.1, 0.15) is 6.85 Å². The summed E-state index contributed by atoms with van der Waals surface area (Å²) in [4.78, 5) is 11.0. The van der Waals surface area contributed by atoms with Gasteiger partial charge in [0.2, 0.25) is 6.54 Å². The van der Waals surface area contributed by atoms with Gasteiger partial charge in [-0.3, -0.25) is 10.2 Å². The van der Waals surface area contributed by atoms with Crippen molar-refractivity contribution in [1.29, 1.82) is 0 Å². The van der Waals surface area contributed by atoms with E-state index in [1.54, 1.807) is 0 Å². The van der Waals surface area contributed by atoms with Crippen LogP contribution in [0.3, 0.4) is 0 Å². The Hall–Kier alpha value is -0.940. The lowest BCUT2D eigenvalue weighted by Crippen LogP contribution is -3.00. The predicted molar refractivity (Wildman–Crippen MR) is 39.0 cm³/mol. The third-order valence-corrected chi connectivity index (χ3v) is 0.969. The molecule has 1 aromatic rings. The van der Waals surface area contributed by atoms with Gasteiger partial charge in [0.15, 0.2) is 12.3 Å². The maximum Gasteiger partial charge on any atom is 0.299 e. The van der Waals surface area contributed by atoms with Crippen LogP contribution in [0.15, 0.2) is 30.5 Å². The molecule has 0 unspecified atom stereocenters. The van der Waals surface area contributed by atoms with E-state index in [4.69, 9.17) is 12.7 Å². The molecule has 0 saturated heterocycles. The minimum absolute atomic E-state index is 0. The smallest absolute Gasteiger partial charge is 0.299 e. The number of hydrogen-bond acceptors (Lipinski definition) is 2. The van der Waals surface area contributed by atoms with Gasteiger partial charge in [0.25, 0.3) is 5.91 Å². The van der Waals surface area contributed by atoms with E-state index in [-0.39, 0.29) is 17.0 Å². The van der Waals surface area contributed by atoms with Gasteiger partial charge in [0.1, 0.15) is 2.74 Å². The van der Waals surface area contributed by atoms with Gasteiger partial charge >= 0.3 is 0 Å². The number of pyridine rings is 1. The van der Waals surface area contributed by atoms with Crippen molar-refractivity contribution >= 4 is 5.91 Å². The number of carbonyl (C=O) groups is 1. The second-order valence-corrected chi connectivity index (χ2v) is 1.75. The SMILES string of the molecule is [2H]c1c([2H])c([2H])[n+](CC(=O)NN)c([2H])c1[2H].[Br-]. The molecule has 0 aromatic carbocycles. The Morgan fingerprint density at radius 2 is 2.08 bits per heavy atom. The van der Waals surface area contributed by atoms with E-state index in [9.17, 15) is 4.79 Å². The second kappa shape index (κ2) is 5.68. The quantitative estimate of drug-likeness (QED) is 0.238. The van der Waals surface area contributed by atoms with E-state index in [0.717, 1.165) is 4.57 Å². The van der Waals surface area contributed by atoms with Crippen molar-refractivity contribution in [2.45, 2.75) is 6.54 Å². The number of carbonyl (C=O) groups excluding carboxylic acids is 1. The number of nitrogens with two attached hydrogens (primary N) is 1. The highest BCUT2D eigenvalue weighted by molar-refractivity contribution is 5.73. The van der Waals surface area contributed by atoms with Crippen LogP contribution in [-0.2, 0) is 11.3 Å². The third-order valence-electron chi connectivity index (χ3n) is 0.969. The molecule has 0 aliphatic heterocycles. The van der Waals surface area contributed by atoms with Crippen LogP contribution in [0, 0.1) is 0 Å². The Balaban J connectivity index is 0.00000256. The number of nitrogens with one attached hydrogen (secondary N) is 1. The minimum Gasteiger partial charge on any atom is -1.00 e. The van der Waals surface area contributed by atoms with Gasteiger partial charge in [-0.05, 0) is 0 Å². The van der Waals surface area contributed by atoms with E-state index in [2.05, 4.69) is 0 Å². The number of aromatic nitrogens is 1. The molecule has 1 heterocycles. The summed E-state index contributed by atoms with van der Waals surface area (Å²) in [7, 11) is 0. The van der Waals surface area contributed by atoms with Crippen LogP contribution >= 0.6 is 0 Å². The van der Waals surface area contributed by atoms with Crippen LogP contribution in [0.4, 0.5) is 0 Å². The number of amides is 1. The normalized spacial score (nSPS) is 14.2. The Kier molecular flexibility index (Phi) is 2.33. The molecule has 1 amide bonds. The second-order valence-electron chi connectivity index (χ2n) is 1.75. The predicted octanol–water partition coefficient (Wildman–Crippen LogP) is -4.03. The highest BCUT2D eigenvalue weighted by Crippen LogP contribution is 1.75. The summed E-state index contributed by atoms with van der Waals surface area (Å²) in [5.41, 5.74) is 1.83. The van der Waals surface area contributed by atoms with E-state index in [1.165, 1.54) is 0 Å². The highest BCUT2D eigenvalue weighted by Gasteiger charge is 2.04. The van der Waals surface area contributed by atoms with Crippen molar-refractivity contribution in [3.8, 4) is 0 Å². The van der Waals surface area contributed by atoms with Crippen LogP contribution < -0.4 is 32.8 Å². The minimum atomic E-state index is -0.650. The first-order valence-corrected chi connectivity index (χ1v) is 2.86. The Morgan fingerprint density at radius 3 is 2.58 bits per heavy atom. The third kappa shape index (κ3) is 3.45. The molecule has 0 radical (unpaired) electrons. The average molecular weight is 237 g/mol. The topological polar surface area (TPSA) is 59.0 Å². The zero-order valence-electron chi connectivity index (χ0n) is 11.0. The van der Waals surface area contributed by atoms with Crippen LogP contribution in [0.25, 0.3) is 0 Å². The van der Waals surface area contributed by atoms with Crippen molar-refractivity contribution in [2.75, 3.05) is 0 Å². The highest BCUT2D eigenvalue weighted by atomic mass is 79.9. The van der Waals surface area contributed by atoms with E-state index in [0.29, 0.717) is 0 Å². The first kappa shape index (κ1) is 4.94. The van der Waals surface area contributed by atoms with Crippen molar-refractivity contribution in [2.24, 2.45) is 5.84 Å². The maximum absolute atomic E-state index is 11.0. The molecule has 0 fully saturated rings. The first-order chi connectivity index (χ1) is 7.40. The van der Waals surface area contributed by atoms with E-state index in [1.807, 2.05) is 5.43 Å². The number of nitrogens with zero attached hydrogens (tertiary/aromatic N) is 1. The molecule has 66 valence electrons. The van der Waals surface area contributed by atoms with Crippen molar-refractivity contribution < 1.29 is 33.2 Å². The lowest BCUT2D eigenvalue weighted by Gasteiger charge is -1.93. The molecule has 0 spiro atoms. The molecule has 1 rings (SSSR count). The molecule has 3 N–H and O–H groups in total. The van der Waals surface area contributed by atoms with Crippen molar-refractivity contribution in [1.82, 2.24) is 5.43 Å². The standard InChI is InChI=1S/C7H9N3O.BrH/c8-9-7(11)6-10-4-2-1-3-5-10;/h1-5H,6,8H2;1H/i1D,2D,3D,4D,5D;. The van der Waals surface area contributed by atoms with Gasteiger partial charge in [-0.25, -0.2) is 5.84 Å². The van der Waals surface area contributed by atoms with Crippen molar-refractivity contribution in [3.63, 3.8) is 0 Å². The van der Waals surface area contributed by atoms with Crippen molar-refractivity contribution in [3.05, 3.63) is 30.5 Å². The van der Waals surface area contributed by atoms with Gasteiger partial charge in [0.05, 0.1) is 4.11 Å². The summed E-state index contributed by atoms with van der Waals surface area (Å²) in [6, 6.07) is -1.49. The largest absolute Gasteiger partial charge is 1.00 e. The fourth-order valence-electron chi connectivity index (χ4n) is 0.518. The molecule has 0 aliphatic carbocycles. The molecule has 0 aliphatic rings. The maximum atomic E-state index is 11.0. The van der Waals surface area contributed by atoms with Gasteiger partial charge in [-0.2, -0.15) is 4.57 Å². The van der Waals surface area contributed by atoms with Crippen LogP contribution in [-0.4, -0.2) is 5.91 Å². The Bertz CT molecular complexity index is 427. The van der Waals surface area contributed by atoms with Gasteiger partial charge < -0.3 is 17.0 Å². The van der Waals surface area contributed by atoms with Gasteiger partial charge in [0, 0.05) is 12.1 Å². The summed E-state index contributed by atoms with van der Waals surface area (Å²) in [6.07, 6.45) is -0.927. The van der Waals surface area contributed by atoms with E-state index >= 15 is 0 Å². The van der Waals surface area contributed by atoms with Gasteiger partial charge in [-0.15, -0.1) is 0 Å². The average Bonchev–Trinajstić information content (AvgIpc) is 2.29. The molecular weight excluding hydrogens is 222 g/mol. The first-order valence-electron chi connectivity index (χ1n) is 5.36. The number of hydrazine groups is 1. The summed E-state index contributed by atoms with van der Waals surface area (Å²) in [5.74, 6) is 4.21. The lowest BCUT2D eigenvalue weighted by molar-refractivity contribution is -0.684. The molecule has 4 nitrogen and oxygen atoms in total. The molecule has 0 saturated carbocycles. The summed E-state index contributed by atoms with van der Waals surface area (Å²) in [5, 5.41) is 0. The number of halogens is 1. The molecule has 0 bridgehead atoms. The van der Waals surface area contributed by atoms with Crippen LogP contribution in [0.5, 0.6) is 0 Å². The lowest BCUT2D eigenvalue weighted by atomic mass is 10.4. The molecule has 0 atom stereocenters. The molecule has 1 aromatic heterocycles. The number of hydrogen-bond donors (Lipinski definition) is 2. The fraction of sp³-hybridized carbons (Fsp3) is 0.143. The summed E-state index contributed by atoms with van der Waals surface area (Å²) in [6.45, 7) is -0.424. The molecule has 12 heavy (non-hydrogen) atoms. The fourth-order valence-corrected chi connectivity index (χ4v) is 0.518. The Morgan fingerprint density at radius 1 is 1.50 bits per heavy atom. The van der Waals surface area contributed by atoms with Crippen LogP contribution in [0.2, 0.25) is 0 Å². The zero-order chi connectivity index (χ0) is 12.5. The number of rotatable bonds is 2.